The number of hydrogen-bond acceptors (Lipinski definition) is 4. The van der Waals surface area contributed by atoms with Crippen LogP contribution in [0.4, 0.5) is 4.79 Å². The first-order chi connectivity index (χ1) is 16.6. The number of unbranched alkanes of at least 4 members (excludes halogenated alkanes) is 1. The van der Waals surface area contributed by atoms with E-state index >= 15 is 0 Å². The molecule has 4 rings (SSSR count). The molecule has 35 heavy (non-hydrogen) atoms. The van der Waals surface area contributed by atoms with E-state index in [1.54, 1.807) is 0 Å². The molecule has 0 saturated heterocycles. The molecule has 2 unspecified atom stereocenters. The number of nitrogens with two attached hydrogens (primary N) is 1. The average Bonchev–Trinajstić information content (AvgIpc) is 2.82. The summed E-state index contributed by atoms with van der Waals surface area (Å²) in [5.41, 5.74) is 5.91. The van der Waals surface area contributed by atoms with Crippen LogP contribution in [0.2, 0.25) is 0 Å². The molecule has 6 atom stereocenters. The lowest BCUT2D eigenvalue weighted by Crippen LogP contribution is -2.58. The highest BCUT2D eigenvalue weighted by atomic mass is 16.4. The Labute approximate surface area is 210 Å². The highest BCUT2D eigenvalue weighted by molar-refractivity contribution is 5.88. The molecule has 0 aromatic rings. The van der Waals surface area contributed by atoms with Gasteiger partial charge in [-0.25, -0.2) is 9.59 Å². The molecule has 0 spiro atoms. The third-order valence-corrected chi connectivity index (χ3v) is 9.52. The van der Waals surface area contributed by atoms with Crippen molar-refractivity contribution in [1.82, 2.24) is 16.0 Å². The van der Waals surface area contributed by atoms with Gasteiger partial charge in [0.2, 0.25) is 5.91 Å². The van der Waals surface area contributed by atoms with Crippen molar-refractivity contribution < 1.29 is 19.5 Å². The smallest absolute Gasteiger partial charge is 0.326 e. The molecule has 3 amide bonds. The van der Waals surface area contributed by atoms with E-state index in [1.165, 1.54) is 12.8 Å². The summed E-state index contributed by atoms with van der Waals surface area (Å²) in [6.07, 6.45) is 10.4. The van der Waals surface area contributed by atoms with Crippen LogP contribution in [-0.4, -0.2) is 48.2 Å². The number of amides is 3. The maximum Gasteiger partial charge on any atom is 0.326 e. The van der Waals surface area contributed by atoms with E-state index in [0.717, 1.165) is 43.9 Å². The molecule has 0 radical (unpaired) electrons. The van der Waals surface area contributed by atoms with Gasteiger partial charge in [-0.3, -0.25) is 4.79 Å². The van der Waals surface area contributed by atoms with E-state index in [9.17, 15) is 19.5 Å². The van der Waals surface area contributed by atoms with Gasteiger partial charge in [0.05, 0.1) is 0 Å². The number of carboxylic acids is 1. The van der Waals surface area contributed by atoms with E-state index in [2.05, 4.69) is 36.7 Å². The van der Waals surface area contributed by atoms with Crippen molar-refractivity contribution in [2.45, 2.75) is 103 Å². The minimum Gasteiger partial charge on any atom is -0.480 e. The lowest BCUT2D eigenvalue weighted by Gasteiger charge is -2.62. The zero-order chi connectivity index (χ0) is 25.6. The number of carboxylic acid groups (broad SMARTS) is 1. The van der Waals surface area contributed by atoms with Crippen molar-refractivity contribution in [3.63, 3.8) is 0 Å². The van der Waals surface area contributed by atoms with Crippen molar-refractivity contribution >= 4 is 17.9 Å². The molecule has 4 aliphatic carbocycles. The van der Waals surface area contributed by atoms with E-state index in [0.29, 0.717) is 61.9 Å². The molecule has 4 fully saturated rings. The molecular formula is C27H48N4O4. The third-order valence-electron chi connectivity index (χ3n) is 9.52. The van der Waals surface area contributed by atoms with Crippen LogP contribution < -0.4 is 21.7 Å². The number of urea groups is 1. The molecule has 0 heterocycles. The number of carbonyl (C=O) groups excluding carboxylic acids is 2. The molecule has 4 aliphatic rings. The molecular weight excluding hydrogens is 444 g/mol. The van der Waals surface area contributed by atoms with E-state index in [4.69, 9.17) is 5.73 Å². The predicted molar refractivity (Wildman–Crippen MR) is 137 cm³/mol. The zero-order valence-electron chi connectivity index (χ0n) is 22.0. The number of fused-ring (bicyclic) bond motifs is 2. The summed E-state index contributed by atoms with van der Waals surface area (Å²) in [6, 6.07) is -2.23. The van der Waals surface area contributed by atoms with Gasteiger partial charge in [-0.2, -0.15) is 0 Å². The Bertz CT molecular complexity index is 737. The summed E-state index contributed by atoms with van der Waals surface area (Å²) < 4.78 is 0. The lowest BCUT2D eigenvalue weighted by atomic mass is 9.43. The Balaban J connectivity index is 1.56. The molecule has 0 aromatic carbocycles. The number of hydrogen-bond donors (Lipinski definition) is 5. The quantitative estimate of drug-likeness (QED) is 0.265. The summed E-state index contributed by atoms with van der Waals surface area (Å²) in [6.45, 7) is 8.20. The number of rotatable bonds is 12. The highest BCUT2D eigenvalue weighted by Gasteiger charge is 2.56. The first-order valence-electron chi connectivity index (χ1n) is 13.9. The van der Waals surface area contributed by atoms with Gasteiger partial charge in [-0.1, -0.05) is 52.9 Å². The second kappa shape index (κ2) is 12.4. The van der Waals surface area contributed by atoms with Crippen LogP contribution >= 0.6 is 0 Å². The Hall–Kier alpha value is -1.83. The summed E-state index contributed by atoms with van der Waals surface area (Å²) in [5.74, 6) is 1.69. The minimum absolute atomic E-state index is 0.147. The number of carbonyl (C=O) groups is 3. The monoisotopic (exact) mass is 492 g/mol. The molecule has 4 saturated carbocycles. The average molecular weight is 493 g/mol. The fraction of sp³-hybridized carbons (Fsp3) is 0.889. The largest absolute Gasteiger partial charge is 0.480 e. The van der Waals surface area contributed by atoms with Crippen molar-refractivity contribution in [3.05, 3.63) is 0 Å². The van der Waals surface area contributed by atoms with E-state index in [-0.39, 0.29) is 5.91 Å². The SMILES string of the molecule is C[C@H]1C(CNC(=O)[C@@H](CC2CCCCC2)NC(=O)N[C@@H](CCCCN)C(=O)O)CC2C[C@@H]1C2(C)C. The van der Waals surface area contributed by atoms with Crippen LogP contribution in [0.3, 0.4) is 0 Å². The Morgan fingerprint density at radius 3 is 2.31 bits per heavy atom. The maximum absolute atomic E-state index is 13.3. The second-order valence-electron chi connectivity index (χ2n) is 12.0. The standard InChI is InChI=1S/C27H48N4O4/c1-17-19(14-20-15-21(17)27(20,2)3)16-29-24(32)23(13-18-9-5-4-6-10-18)31-26(35)30-22(25(33)34)11-7-8-12-28/h17-23H,4-16,28H2,1-3H3,(H,29,32)(H,33,34)(H2,30,31,35)/t17-,19?,20?,21-,22-,23+/m0/s1. The van der Waals surface area contributed by atoms with E-state index in [1.807, 2.05) is 0 Å². The number of nitrogens with one attached hydrogen (secondary N) is 3. The van der Waals surface area contributed by atoms with Gasteiger partial charge >= 0.3 is 12.0 Å². The van der Waals surface area contributed by atoms with Gasteiger partial charge in [0.15, 0.2) is 0 Å². The normalized spacial score (nSPS) is 29.4. The van der Waals surface area contributed by atoms with Gasteiger partial charge in [0.25, 0.3) is 0 Å². The van der Waals surface area contributed by atoms with Gasteiger partial charge in [-0.15, -0.1) is 0 Å². The van der Waals surface area contributed by atoms with Crippen LogP contribution in [0.5, 0.6) is 0 Å². The molecule has 8 heteroatoms. The van der Waals surface area contributed by atoms with Gasteiger partial charge in [0.1, 0.15) is 12.1 Å². The van der Waals surface area contributed by atoms with Crippen LogP contribution in [-0.2, 0) is 9.59 Å². The maximum atomic E-state index is 13.3. The summed E-state index contributed by atoms with van der Waals surface area (Å²) in [7, 11) is 0. The third kappa shape index (κ3) is 7.11. The summed E-state index contributed by atoms with van der Waals surface area (Å²) in [4.78, 5) is 37.6. The fourth-order valence-corrected chi connectivity index (χ4v) is 6.98. The van der Waals surface area contributed by atoms with Crippen molar-refractivity contribution in [2.24, 2.45) is 40.7 Å². The molecule has 6 N–H and O–H groups in total. The summed E-state index contributed by atoms with van der Waals surface area (Å²) >= 11 is 0. The Morgan fingerprint density at radius 2 is 1.71 bits per heavy atom. The topological polar surface area (TPSA) is 134 Å². The molecule has 8 nitrogen and oxygen atoms in total. The van der Waals surface area contributed by atoms with Gasteiger partial charge in [0, 0.05) is 6.54 Å². The van der Waals surface area contributed by atoms with Crippen molar-refractivity contribution in [1.29, 1.82) is 0 Å². The first kappa shape index (κ1) is 27.8. The van der Waals surface area contributed by atoms with E-state index < -0.39 is 24.1 Å². The van der Waals surface area contributed by atoms with Crippen LogP contribution in [0.1, 0.15) is 91.4 Å². The Kier molecular flexibility index (Phi) is 9.85. The minimum atomic E-state index is -1.07. The first-order valence-corrected chi connectivity index (χ1v) is 13.9. The van der Waals surface area contributed by atoms with Crippen LogP contribution in [0.15, 0.2) is 0 Å². The molecule has 0 aliphatic heterocycles. The molecule has 200 valence electrons. The second-order valence-corrected chi connectivity index (χ2v) is 12.0. The summed E-state index contributed by atoms with van der Waals surface area (Å²) in [5, 5.41) is 18.0. The Morgan fingerprint density at radius 1 is 1.03 bits per heavy atom. The highest BCUT2D eigenvalue weighted by Crippen LogP contribution is 2.62. The van der Waals surface area contributed by atoms with Gasteiger partial charge in [-0.05, 0) is 80.1 Å². The van der Waals surface area contributed by atoms with Crippen molar-refractivity contribution in [3.8, 4) is 0 Å². The predicted octanol–water partition coefficient (Wildman–Crippen LogP) is 3.64. The zero-order valence-corrected chi connectivity index (χ0v) is 22.0. The number of aliphatic carboxylic acids is 1. The lowest BCUT2D eigenvalue weighted by molar-refractivity contribution is -0.139. The van der Waals surface area contributed by atoms with Crippen LogP contribution in [0, 0.1) is 35.0 Å². The molecule has 0 aromatic heterocycles. The van der Waals surface area contributed by atoms with Crippen molar-refractivity contribution in [2.75, 3.05) is 13.1 Å². The van der Waals surface area contributed by atoms with Gasteiger partial charge < -0.3 is 26.8 Å². The molecule has 2 bridgehead atoms. The van der Waals surface area contributed by atoms with Crippen LogP contribution in [0.25, 0.3) is 0 Å². The fourth-order valence-electron chi connectivity index (χ4n) is 6.98.